The molecule has 1 aliphatic rings. The van der Waals surface area contributed by atoms with Crippen molar-refractivity contribution in [2.24, 2.45) is 0 Å². The molecule has 0 radical (unpaired) electrons. The Labute approximate surface area is 90.3 Å². The van der Waals surface area contributed by atoms with Crippen molar-refractivity contribution >= 4 is 0 Å². The normalized spacial score (nSPS) is 27.7. The summed E-state index contributed by atoms with van der Waals surface area (Å²) < 4.78 is 0.960. The molecule has 0 aromatic carbocycles. The molecule has 1 aliphatic heterocycles. The third kappa shape index (κ3) is 4.43. The molecule has 0 aromatic heterocycles. The van der Waals surface area contributed by atoms with Crippen LogP contribution in [0.4, 0.5) is 0 Å². The van der Waals surface area contributed by atoms with Gasteiger partial charge in [-0.15, -0.1) is 0 Å². The summed E-state index contributed by atoms with van der Waals surface area (Å²) in [5, 5.41) is 0. The van der Waals surface area contributed by atoms with E-state index in [4.69, 9.17) is 0 Å². The first kappa shape index (κ1) is 11.5. The van der Waals surface area contributed by atoms with E-state index in [1.807, 2.05) is 0 Å². The first-order valence-corrected chi connectivity index (χ1v) is 5.44. The van der Waals surface area contributed by atoms with Crippen molar-refractivity contribution in [3.8, 4) is 0 Å². The molecule has 1 fully saturated rings. The second-order valence-electron chi connectivity index (χ2n) is 4.32. The van der Waals surface area contributed by atoms with Crippen LogP contribution >= 0.6 is 0 Å². The fraction of sp³-hybridized carbons (Fsp3) is 1.00. The molecule has 0 aliphatic carbocycles. The average molecular weight is 226 g/mol. The van der Waals surface area contributed by atoms with Crippen molar-refractivity contribution in [2.45, 2.75) is 0 Å². The first-order valence-electron chi connectivity index (χ1n) is 4.91. The second kappa shape index (κ2) is 4.76. The van der Waals surface area contributed by atoms with Crippen molar-refractivity contribution < 1.29 is 19.7 Å². The van der Waals surface area contributed by atoms with Gasteiger partial charge in [-0.05, 0) is 0 Å². The zero-order chi connectivity index (χ0) is 9.90. The molecule has 4 heteroatoms. The maximum absolute atomic E-state index is 3.75. The van der Waals surface area contributed by atoms with Gasteiger partial charge in [-0.25, -0.2) is 0 Å². The van der Waals surface area contributed by atoms with Gasteiger partial charge >= 0.3 is 89.9 Å². The number of hydrogen-bond acceptors (Lipinski definition) is 2. The van der Waals surface area contributed by atoms with Crippen molar-refractivity contribution in [1.82, 2.24) is 9.80 Å². The third-order valence-corrected chi connectivity index (χ3v) is 3.29. The van der Waals surface area contributed by atoms with E-state index >= 15 is 0 Å². The Kier molecular flexibility index (Phi) is 4.20. The van der Waals surface area contributed by atoms with Gasteiger partial charge in [0.25, 0.3) is 0 Å². The van der Waals surface area contributed by atoms with Crippen molar-refractivity contribution in [1.29, 1.82) is 0 Å². The van der Waals surface area contributed by atoms with Gasteiger partial charge in [-0.2, -0.15) is 0 Å². The number of rotatable bonds is 0. The van der Waals surface area contributed by atoms with Crippen LogP contribution in [-0.2, 0) is 16.2 Å². The van der Waals surface area contributed by atoms with Gasteiger partial charge in [-0.1, -0.05) is 0 Å². The summed E-state index contributed by atoms with van der Waals surface area (Å²) in [7, 11) is 6.64. The van der Waals surface area contributed by atoms with Crippen LogP contribution in [0, 0.1) is 0 Å². The van der Waals surface area contributed by atoms with Crippen molar-refractivity contribution in [3.63, 3.8) is 0 Å². The van der Waals surface area contributed by atoms with Crippen LogP contribution in [0.3, 0.4) is 0 Å². The zero-order valence-electron chi connectivity index (χ0n) is 8.96. The van der Waals surface area contributed by atoms with Crippen LogP contribution in [0.1, 0.15) is 0 Å². The molecular weight excluding hydrogens is 205 g/mol. The van der Waals surface area contributed by atoms with Gasteiger partial charge in [-0.3, -0.25) is 0 Å². The van der Waals surface area contributed by atoms with E-state index in [0.29, 0.717) is 0 Å². The number of nitrogens with zero attached hydrogens (tertiary/aromatic N) is 3. The van der Waals surface area contributed by atoms with Gasteiger partial charge in [0, 0.05) is 0 Å². The van der Waals surface area contributed by atoms with Crippen LogP contribution in [0.5, 0.6) is 0 Å². The maximum atomic E-state index is 3.75. The van der Waals surface area contributed by atoms with Crippen LogP contribution in [-0.4, -0.2) is 73.7 Å². The summed E-state index contributed by atoms with van der Waals surface area (Å²) in [5.74, 6) is 0. The van der Waals surface area contributed by atoms with E-state index in [1.54, 1.807) is 0 Å². The minimum absolute atomic E-state index is 0.960. The predicted molar refractivity (Wildman–Crippen MR) is 50.9 cm³/mol. The molecule has 1 rings (SSSR count). The molecule has 0 atom stereocenters. The van der Waals surface area contributed by atoms with Crippen molar-refractivity contribution in [3.05, 3.63) is 0 Å². The van der Waals surface area contributed by atoms with Gasteiger partial charge in [0.05, 0.1) is 0 Å². The average Bonchev–Trinajstić information content (AvgIpc) is 2.11. The first-order chi connectivity index (χ1) is 5.99. The molecule has 0 amide bonds. The van der Waals surface area contributed by atoms with E-state index in [9.17, 15) is 0 Å². The third-order valence-electron chi connectivity index (χ3n) is 2.76. The fourth-order valence-electron chi connectivity index (χ4n) is 1.44. The molecule has 0 spiro atoms. The molecular formula is C9H21MnN3+. The summed E-state index contributed by atoms with van der Waals surface area (Å²) in [5.41, 5.74) is 0. The molecule has 3 nitrogen and oxygen atoms in total. The number of hydrogen-bond donors (Lipinski definition) is 0. The van der Waals surface area contributed by atoms with E-state index in [2.05, 4.69) is 47.2 Å². The summed E-state index contributed by atoms with van der Waals surface area (Å²) in [4.78, 5) is 4.80. The van der Waals surface area contributed by atoms with Crippen LogP contribution < -0.4 is 0 Å². The van der Waals surface area contributed by atoms with Crippen LogP contribution in [0.25, 0.3) is 0 Å². The van der Waals surface area contributed by atoms with Gasteiger partial charge in [0.1, 0.15) is 0 Å². The molecule has 0 bridgehead atoms. The zero-order valence-corrected chi connectivity index (χ0v) is 10.1. The summed E-state index contributed by atoms with van der Waals surface area (Å²) in [6.45, 7) is 7.09. The molecule has 0 unspecified atom stereocenters. The summed E-state index contributed by atoms with van der Waals surface area (Å²) >= 11 is 3.75. The Morgan fingerprint density at radius 1 is 0.923 bits per heavy atom. The number of quaternary nitrogens is 1. The minimum atomic E-state index is 0.960. The predicted octanol–water partition coefficient (Wildman–Crippen LogP) is -0.228. The molecule has 0 N–H and O–H groups in total. The second-order valence-corrected chi connectivity index (χ2v) is 5.59. The van der Waals surface area contributed by atoms with Crippen LogP contribution in [0.15, 0.2) is 0 Å². The van der Waals surface area contributed by atoms with E-state index in [-0.39, 0.29) is 0 Å². The molecule has 0 saturated carbocycles. The Morgan fingerprint density at radius 3 is 1.69 bits per heavy atom. The fourth-order valence-corrected chi connectivity index (χ4v) is 1.67. The molecule has 13 heavy (non-hydrogen) atoms. The number of likely N-dealkylation sites (N-methyl/N-ethyl adjacent to an activating group) is 3. The van der Waals surface area contributed by atoms with E-state index in [0.717, 1.165) is 3.50 Å². The topological polar surface area (TPSA) is 6.48 Å². The Balaban J connectivity index is 2.49. The Hall–Kier alpha value is 0.399. The molecule has 0 aromatic rings. The quantitative estimate of drug-likeness (QED) is 0.527. The SMILES string of the molecule is CN1CCN(C)CC[N+](C)([Mn])CC1. The van der Waals surface area contributed by atoms with E-state index < -0.39 is 0 Å². The van der Waals surface area contributed by atoms with Crippen LogP contribution in [0.2, 0.25) is 0 Å². The van der Waals surface area contributed by atoms with Crippen molar-refractivity contribution in [2.75, 3.05) is 60.4 Å². The summed E-state index contributed by atoms with van der Waals surface area (Å²) in [6.07, 6.45) is 0. The molecule has 78 valence electrons. The Bertz CT molecular complexity index is 145. The van der Waals surface area contributed by atoms with Gasteiger partial charge in [0.2, 0.25) is 0 Å². The van der Waals surface area contributed by atoms with Gasteiger partial charge in [0.15, 0.2) is 0 Å². The monoisotopic (exact) mass is 226 g/mol. The Morgan fingerprint density at radius 2 is 1.31 bits per heavy atom. The standard InChI is InChI=1S/C9H21N3.Mn/c1-10-4-6-11(2)8-9-12(3)7-5-10;/h4-9H2,1-3H3;/q;+1. The van der Waals surface area contributed by atoms with Gasteiger partial charge < -0.3 is 0 Å². The summed E-state index contributed by atoms with van der Waals surface area (Å²) in [6, 6.07) is 0. The molecule has 1 heterocycles. The van der Waals surface area contributed by atoms with E-state index in [1.165, 1.54) is 39.3 Å². The molecule has 1 saturated heterocycles.